The van der Waals surface area contributed by atoms with Crippen molar-refractivity contribution in [2.45, 2.75) is 6.10 Å². The zero-order chi connectivity index (χ0) is 12.4. The molecule has 2 aliphatic heterocycles. The highest BCUT2D eigenvalue weighted by molar-refractivity contribution is 5.83. The number of hydrogen-bond donors (Lipinski definition) is 1. The first-order valence-corrected chi connectivity index (χ1v) is 6.21. The molecule has 0 saturated carbocycles. The molecule has 18 heavy (non-hydrogen) atoms. The van der Waals surface area contributed by atoms with Gasteiger partial charge in [0.1, 0.15) is 5.75 Å². The van der Waals surface area contributed by atoms with Crippen LogP contribution >= 0.6 is 0 Å². The highest BCUT2D eigenvalue weighted by atomic mass is 16.5. The zero-order valence-electron chi connectivity index (χ0n) is 10.1. The van der Waals surface area contributed by atoms with Gasteiger partial charge in [0.15, 0.2) is 6.10 Å². The Labute approximate surface area is 106 Å². The van der Waals surface area contributed by atoms with Gasteiger partial charge in [-0.25, -0.2) is 0 Å². The molecule has 5 nitrogen and oxygen atoms in total. The summed E-state index contributed by atoms with van der Waals surface area (Å²) in [5.41, 5.74) is 0.948. The topological polar surface area (TPSA) is 50.8 Å². The van der Waals surface area contributed by atoms with Crippen LogP contribution in [0, 0.1) is 0 Å². The molecule has 0 bridgehead atoms. The molecule has 1 saturated heterocycles. The Morgan fingerprint density at radius 1 is 1.28 bits per heavy atom. The molecule has 1 fully saturated rings. The molecule has 96 valence electrons. The predicted octanol–water partition coefficient (Wildman–Crippen LogP) is 0.718. The third-order valence-electron chi connectivity index (χ3n) is 3.23. The maximum atomic E-state index is 12.3. The number of nitrogens with one attached hydrogen (secondary N) is 1. The van der Waals surface area contributed by atoms with Gasteiger partial charge in [-0.05, 0) is 12.1 Å². The fourth-order valence-electron chi connectivity index (χ4n) is 2.24. The summed E-state index contributed by atoms with van der Waals surface area (Å²) in [5, 5.41) is 3.23. The third kappa shape index (κ3) is 2.13. The maximum absolute atomic E-state index is 12.3. The lowest BCUT2D eigenvalue weighted by Crippen LogP contribution is -2.50. The lowest BCUT2D eigenvalue weighted by atomic mass is 10.2. The van der Waals surface area contributed by atoms with Crippen molar-refractivity contribution in [2.24, 2.45) is 0 Å². The fourth-order valence-corrected chi connectivity index (χ4v) is 2.24. The van der Waals surface area contributed by atoms with Gasteiger partial charge in [0, 0.05) is 13.1 Å². The summed E-state index contributed by atoms with van der Waals surface area (Å²) in [6.07, 6.45) is -0.432. The number of benzene rings is 1. The number of nitrogens with zero attached hydrogens (tertiary/aromatic N) is 1. The minimum atomic E-state index is -0.432. The molecule has 1 aromatic rings. The third-order valence-corrected chi connectivity index (χ3v) is 3.23. The average molecular weight is 248 g/mol. The van der Waals surface area contributed by atoms with E-state index in [1.54, 1.807) is 0 Å². The zero-order valence-corrected chi connectivity index (χ0v) is 10.1. The van der Waals surface area contributed by atoms with Crippen LogP contribution in [0.5, 0.6) is 5.75 Å². The Balaban J connectivity index is 1.69. The number of ether oxygens (including phenoxy) is 2. The monoisotopic (exact) mass is 248 g/mol. The Morgan fingerprint density at radius 3 is 2.89 bits per heavy atom. The van der Waals surface area contributed by atoms with Gasteiger partial charge in [-0.1, -0.05) is 12.1 Å². The average Bonchev–Trinajstić information content (AvgIpc) is 2.47. The lowest BCUT2D eigenvalue weighted by Gasteiger charge is -2.33. The fraction of sp³-hybridized carbons (Fsp3) is 0.462. The summed E-state index contributed by atoms with van der Waals surface area (Å²) in [6, 6.07) is 7.67. The number of carbonyl (C=O) groups excluding carboxylic acids is 1. The van der Waals surface area contributed by atoms with Gasteiger partial charge in [-0.15, -0.1) is 0 Å². The lowest BCUT2D eigenvalue weighted by molar-refractivity contribution is -0.142. The summed E-state index contributed by atoms with van der Waals surface area (Å²) in [5.74, 6) is 0.788. The van der Waals surface area contributed by atoms with E-state index in [0.29, 0.717) is 32.8 Å². The van der Waals surface area contributed by atoms with Crippen LogP contribution in [0.25, 0.3) is 0 Å². The van der Waals surface area contributed by atoms with Gasteiger partial charge in [-0.2, -0.15) is 0 Å². The number of fused-ring (bicyclic) bond motifs is 1. The quantitative estimate of drug-likeness (QED) is 0.795. The van der Waals surface area contributed by atoms with Crippen molar-refractivity contribution in [1.82, 2.24) is 4.90 Å². The van der Waals surface area contributed by atoms with E-state index < -0.39 is 6.10 Å². The smallest absolute Gasteiger partial charge is 0.265 e. The van der Waals surface area contributed by atoms with Crippen LogP contribution < -0.4 is 10.1 Å². The summed E-state index contributed by atoms with van der Waals surface area (Å²) >= 11 is 0. The van der Waals surface area contributed by atoms with Crippen LogP contribution in [0.1, 0.15) is 0 Å². The number of rotatable bonds is 1. The van der Waals surface area contributed by atoms with Gasteiger partial charge < -0.3 is 19.7 Å². The van der Waals surface area contributed by atoms with E-state index in [9.17, 15) is 4.79 Å². The molecule has 0 spiro atoms. The molecular formula is C13H16N2O3. The van der Waals surface area contributed by atoms with Gasteiger partial charge in [-0.3, -0.25) is 4.79 Å². The Bertz CT molecular complexity index is 444. The molecule has 1 aromatic carbocycles. The summed E-state index contributed by atoms with van der Waals surface area (Å²) in [6.45, 7) is 3.05. The molecule has 0 aliphatic carbocycles. The van der Waals surface area contributed by atoms with Crippen molar-refractivity contribution in [3.63, 3.8) is 0 Å². The van der Waals surface area contributed by atoms with Crippen molar-refractivity contribution in [2.75, 3.05) is 38.2 Å². The molecular weight excluding hydrogens is 232 g/mol. The first-order valence-electron chi connectivity index (χ1n) is 6.21. The van der Waals surface area contributed by atoms with Gasteiger partial charge >= 0.3 is 0 Å². The largest absolute Gasteiger partial charge is 0.477 e. The van der Waals surface area contributed by atoms with E-state index in [-0.39, 0.29) is 5.91 Å². The number of anilines is 1. The molecule has 0 aromatic heterocycles. The molecule has 2 aliphatic rings. The van der Waals surface area contributed by atoms with E-state index in [4.69, 9.17) is 9.47 Å². The van der Waals surface area contributed by atoms with Gasteiger partial charge in [0.25, 0.3) is 5.91 Å². The Morgan fingerprint density at radius 2 is 2.06 bits per heavy atom. The van der Waals surface area contributed by atoms with Crippen LogP contribution in [0.2, 0.25) is 0 Å². The standard InChI is InChI=1S/C13H16N2O3/c16-13(15-5-7-17-8-6-15)12-9-14-10-3-1-2-4-11(10)18-12/h1-4,12,14H,5-9H2/t12-/m1/s1. The molecule has 1 atom stereocenters. The molecule has 1 N–H and O–H groups in total. The summed E-state index contributed by atoms with van der Waals surface area (Å²) in [4.78, 5) is 14.1. The minimum absolute atomic E-state index is 0.0419. The van der Waals surface area contributed by atoms with Crippen LogP contribution in [0.4, 0.5) is 5.69 Å². The molecule has 0 radical (unpaired) electrons. The van der Waals surface area contributed by atoms with E-state index in [0.717, 1.165) is 11.4 Å². The van der Waals surface area contributed by atoms with Crippen molar-refractivity contribution >= 4 is 11.6 Å². The maximum Gasteiger partial charge on any atom is 0.265 e. The Kier molecular flexibility index (Phi) is 3.06. The highest BCUT2D eigenvalue weighted by Crippen LogP contribution is 2.28. The summed E-state index contributed by atoms with van der Waals surface area (Å²) in [7, 11) is 0. The second-order valence-electron chi connectivity index (χ2n) is 4.42. The minimum Gasteiger partial charge on any atom is -0.477 e. The Hall–Kier alpha value is -1.75. The molecule has 5 heteroatoms. The second kappa shape index (κ2) is 4.86. The summed E-state index contributed by atoms with van der Waals surface area (Å²) < 4.78 is 11.0. The number of para-hydroxylation sites is 2. The molecule has 0 unspecified atom stereocenters. The van der Waals surface area contributed by atoms with E-state index in [1.165, 1.54) is 0 Å². The van der Waals surface area contributed by atoms with Crippen LogP contribution in [0.15, 0.2) is 24.3 Å². The van der Waals surface area contributed by atoms with Crippen LogP contribution in [0.3, 0.4) is 0 Å². The second-order valence-corrected chi connectivity index (χ2v) is 4.42. The number of amides is 1. The van der Waals surface area contributed by atoms with Crippen molar-refractivity contribution in [3.05, 3.63) is 24.3 Å². The highest BCUT2D eigenvalue weighted by Gasteiger charge is 2.30. The van der Waals surface area contributed by atoms with E-state index in [1.807, 2.05) is 29.2 Å². The van der Waals surface area contributed by atoms with Gasteiger partial charge in [0.2, 0.25) is 0 Å². The number of carbonyl (C=O) groups is 1. The van der Waals surface area contributed by atoms with Gasteiger partial charge in [0.05, 0.1) is 25.4 Å². The van der Waals surface area contributed by atoms with Crippen molar-refractivity contribution < 1.29 is 14.3 Å². The van der Waals surface area contributed by atoms with Crippen molar-refractivity contribution in [1.29, 1.82) is 0 Å². The SMILES string of the molecule is O=C([C@H]1CNc2ccccc2O1)N1CCOCC1. The molecule has 2 heterocycles. The van der Waals surface area contributed by atoms with Crippen LogP contribution in [-0.2, 0) is 9.53 Å². The molecule has 1 amide bonds. The van der Waals surface area contributed by atoms with E-state index >= 15 is 0 Å². The molecule has 3 rings (SSSR count). The first-order chi connectivity index (χ1) is 8.84. The van der Waals surface area contributed by atoms with E-state index in [2.05, 4.69) is 5.32 Å². The normalized spacial score (nSPS) is 22.7. The predicted molar refractivity (Wildman–Crippen MR) is 66.7 cm³/mol. The first kappa shape index (κ1) is 11.3. The van der Waals surface area contributed by atoms with Crippen LogP contribution in [-0.4, -0.2) is 49.8 Å². The van der Waals surface area contributed by atoms with Crippen molar-refractivity contribution in [3.8, 4) is 5.75 Å². The number of morpholine rings is 1. The number of hydrogen-bond acceptors (Lipinski definition) is 4.